The summed E-state index contributed by atoms with van der Waals surface area (Å²) < 4.78 is 11.9. The number of amides is 5. The molecule has 6 rings (SSSR count). The second kappa shape index (κ2) is 21.0. The van der Waals surface area contributed by atoms with Gasteiger partial charge in [0.2, 0.25) is 17.7 Å². The van der Waals surface area contributed by atoms with Crippen molar-refractivity contribution in [3.63, 3.8) is 0 Å². The summed E-state index contributed by atoms with van der Waals surface area (Å²) in [5.41, 5.74) is 4.17. The number of ether oxygens (including phenoxy) is 2. The molecular weight excluding hydrogens is 894 g/mol. The zero-order valence-electron chi connectivity index (χ0n) is 39.2. The minimum absolute atomic E-state index is 0.0432. The van der Waals surface area contributed by atoms with E-state index in [4.69, 9.17) is 21.1 Å². The summed E-state index contributed by atoms with van der Waals surface area (Å²) in [6.07, 6.45) is -0.682. The molecule has 0 bridgehead atoms. The van der Waals surface area contributed by atoms with Crippen molar-refractivity contribution >= 4 is 52.5 Å². The van der Waals surface area contributed by atoms with Crippen molar-refractivity contribution in [1.29, 1.82) is 5.26 Å². The van der Waals surface area contributed by atoms with Crippen LogP contribution in [0.4, 0.5) is 0 Å². The van der Waals surface area contributed by atoms with E-state index >= 15 is 0 Å². The Morgan fingerprint density at radius 1 is 0.970 bits per heavy atom. The summed E-state index contributed by atoms with van der Waals surface area (Å²) in [6, 6.07) is 19.0. The first-order chi connectivity index (χ1) is 31.6. The fourth-order valence-corrected chi connectivity index (χ4v) is 10.2. The molecule has 1 saturated carbocycles. The third-order valence-electron chi connectivity index (χ3n) is 12.5. The molecule has 1 aromatic heterocycles. The van der Waals surface area contributed by atoms with Crippen molar-refractivity contribution in [1.82, 2.24) is 31.2 Å². The number of hydrogen-bond acceptors (Lipinski definition) is 11. The lowest BCUT2D eigenvalue weighted by molar-refractivity contribution is -0.164. The number of carbonyl (C=O) groups excluding carboxylic acids is 5. The summed E-state index contributed by atoms with van der Waals surface area (Å²) in [7, 11) is 0. The summed E-state index contributed by atoms with van der Waals surface area (Å²) in [4.78, 5) is 73.5. The molecule has 5 N–H and O–H groups in total. The van der Waals surface area contributed by atoms with Crippen LogP contribution in [0.5, 0.6) is 5.75 Å². The van der Waals surface area contributed by atoms with Gasteiger partial charge >= 0.3 is 0 Å². The molecule has 15 nitrogen and oxygen atoms in total. The van der Waals surface area contributed by atoms with Gasteiger partial charge in [-0.3, -0.25) is 24.0 Å². The van der Waals surface area contributed by atoms with Crippen molar-refractivity contribution in [2.45, 2.75) is 105 Å². The number of thiazole rings is 1. The van der Waals surface area contributed by atoms with Crippen molar-refractivity contribution < 1.29 is 38.6 Å². The molecule has 67 heavy (non-hydrogen) atoms. The summed E-state index contributed by atoms with van der Waals surface area (Å²) >= 11 is 7.79. The molecule has 4 aromatic rings. The van der Waals surface area contributed by atoms with E-state index in [-0.39, 0.29) is 63.2 Å². The number of carbonyl (C=O) groups is 5. The van der Waals surface area contributed by atoms with Crippen LogP contribution >= 0.6 is 22.9 Å². The largest absolute Gasteiger partial charge is 0.489 e. The quantitative estimate of drug-likeness (QED) is 0.0757. The minimum atomic E-state index is -1.01. The van der Waals surface area contributed by atoms with E-state index < -0.39 is 52.2 Å². The van der Waals surface area contributed by atoms with E-state index in [2.05, 4.69) is 26.3 Å². The number of nitriles is 1. The number of nitrogens with zero attached hydrogens (tertiary/aromatic N) is 3. The molecule has 2 aliphatic rings. The van der Waals surface area contributed by atoms with Crippen molar-refractivity contribution in [3.8, 4) is 22.3 Å². The minimum Gasteiger partial charge on any atom is -0.489 e. The lowest BCUT2D eigenvalue weighted by atomic mass is 9.49. The van der Waals surface area contributed by atoms with Crippen LogP contribution < -0.4 is 26.0 Å². The maximum atomic E-state index is 14.0. The van der Waals surface area contributed by atoms with E-state index in [0.29, 0.717) is 33.9 Å². The van der Waals surface area contributed by atoms with Crippen LogP contribution in [-0.2, 0) is 25.7 Å². The molecule has 1 aliphatic carbocycles. The van der Waals surface area contributed by atoms with Gasteiger partial charge < -0.3 is 40.7 Å². The zero-order chi connectivity index (χ0) is 48.8. The number of aliphatic hydroxyl groups is 1. The lowest BCUT2D eigenvalue weighted by Crippen LogP contribution is -2.74. The van der Waals surface area contributed by atoms with E-state index in [1.165, 1.54) is 4.90 Å². The second-order valence-electron chi connectivity index (χ2n) is 19.5. The van der Waals surface area contributed by atoms with Crippen LogP contribution in [0.3, 0.4) is 0 Å². The Labute approximate surface area is 401 Å². The van der Waals surface area contributed by atoms with Gasteiger partial charge in [0.1, 0.15) is 36.6 Å². The Hall–Kier alpha value is -5.86. The number of halogens is 1. The second-order valence-corrected chi connectivity index (χ2v) is 20.7. The SMILES string of the molecule is Cc1ncsc1-c1ccc(CNC(=O)[C@@H]2C[C@@H](O)CN2C(=O)C(NC(=O)COCCCNC(=O)c2ccc(C(=O)NC3C(C)(C)C(Oc4ccc(C#N)c(Cl)c4)C3(C)C)cc2)C(C)(C)C)cc1. The van der Waals surface area contributed by atoms with E-state index in [9.17, 15) is 34.3 Å². The van der Waals surface area contributed by atoms with Crippen LogP contribution in [0, 0.1) is 34.5 Å². The van der Waals surface area contributed by atoms with Gasteiger partial charge in [0.05, 0.1) is 32.8 Å². The zero-order valence-corrected chi connectivity index (χ0v) is 40.8. The van der Waals surface area contributed by atoms with Gasteiger partial charge in [-0.15, -0.1) is 11.3 Å². The highest BCUT2D eigenvalue weighted by atomic mass is 35.5. The molecular formula is C50H60ClN7O8S. The first-order valence-electron chi connectivity index (χ1n) is 22.3. The first kappa shape index (κ1) is 50.6. The monoisotopic (exact) mass is 953 g/mol. The average Bonchev–Trinajstić information content (AvgIpc) is 3.91. The number of aliphatic hydroxyl groups excluding tert-OH is 1. The first-order valence-corrected chi connectivity index (χ1v) is 23.6. The maximum Gasteiger partial charge on any atom is 0.251 e. The third kappa shape index (κ3) is 11.8. The van der Waals surface area contributed by atoms with Crippen LogP contribution in [0.15, 0.2) is 72.2 Å². The summed E-state index contributed by atoms with van der Waals surface area (Å²) in [5, 5.41) is 31.7. The summed E-state index contributed by atoms with van der Waals surface area (Å²) in [5.74, 6) is -1.47. The molecule has 356 valence electrons. The summed E-state index contributed by atoms with van der Waals surface area (Å²) in [6.45, 7) is 15.7. The third-order valence-corrected chi connectivity index (χ3v) is 13.8. The van der Waals surface area contributed by atoms with Crippen molar-refractivity contribution in [2.75, 3.05) is 26.3 Å². The number of aromatic nitrogens is 1. The van der Waals surface area contributed by atoms with Crippen LogP contribution in [-0.4, -0.2) is 101 Å². The molecule has 1 unspecified atom stereocenters. The molecule has 2 fully saturated rings. The number of benzene rings is 3. The highest BCUT2D eigenvalue weighted by Gasteiger charge is 2.64. The number of hydrogen-bond donors (Lipinski definition) is 5. The molecule has 3 atom stereocenters. The van der Waals surface area contributed by atoms with Gasteiger partial charge in [-0.2, -0.15) is 5.26 Å². The number of rotatable bonds is 17. The van der Waals surface area contributed by atoms with Gasteiger partial charge in [0, 0.05) is 66.7 Å². The predicted octanol–water partition coefficient (Wildman–Crippen LogP) is 6.20. The molecule has 0 spiro atoms. The highest BCUT2D eigenvalue weighted by molar-refractivity contribution is 7.13. The number of aryl methyl sites for hydroxylation is 1. The van der Waals surface area contributed by atoms with Gasteiger partial charge in [-0.1, -0.05) is 84.3 Å². The Morgan fingerprint density at radius 2 is 1.63 bits per heavy atom. The van der Waals surface area contributed by atoms with Gasteiger partial charge in [-0.25, -0.2) is 4.98 Å². The number of likely N-dealkylation sites (tertiary alicyclic amines) is 1. The van der Waals surface area contributed by atoms with E-state index in [1.807, 2.05) is 65.0 Å². The fraction of sp³-hybridized carbons (Fsp3) is 0.460. The topological polar surface area (TPSA) is 212 Å². The average molecular weight is 955 g/mol. The predicted molar refractivity (Wildman–Crippen MR) is 255 cm³/mol. The Balaban J connectivity index is 0.913. The molecule has 5 amide bonds. The Bertz CT molecular complexity index is 2480. The fourth-order valence-electron chi connectivity index (χ4n) is 9.21. The van der Waals surface area contributed by atoms with E-state index in [1.54, 1.807) is 80.1 Å². The molecule has 3 aromatic carbocycles. The Morgan fingerprint density at radius 3 is 2.22 bits per heavy atom. The molecule has 2 heterocycles. The standard InChI is InChI=1S/C50H60ClN7O8S/c1-29-40(67-28-55-29)31-12-10-30(11-13-31)25-54-44(63)38-22-35(59)26-58(38)45(64)41(48(2,3)4)56-39(60)27-65-21-9-20-53-42(61)32-14-16-33(17-15-32)43(62)57-46-49(5,6)47(50(46,7)8)66-36-19-18-34(24-52)37(51)23-36/h10-19,23,28,35,38,41,46-47,59H,9,20-22,25-27H2,1-8H3,(H,53,61)(H,54,63)(H,56,60)(H,57,62)/t35-,38+,41?,46?,47?/m1/s1. The van der Waals surface area contributed by atoms with Crippen LogP contribution in [0.2, 0.25) is 5.02 Å². The normalized spacial score (nSPS) is 19.9. The molecule has 1 aliphatic heterocycles. The molecule has 0 radical (unpaired) electrons. The van der Waals surface area contributed by atoms with Gasteiger partial charge in [-0.05, 0) is 66.3 Å². The maximum absolute atomic E-state index is 14.0. The van der Waals surface area contributed by atoms with Gasteiger partial charge in [0.25, 0.3) is 11.8 Å². The van der Waals surface area contributed by atoms with E-state index in [0.717, 1.165) is 21.7 Å². The highest BCUT2D eigenvalue weighted by Crippen LogP contribution is 2.55. The molecule has 17 heteroatoms. The van der Waals surface area contributed by atoms with Crippen molar-refractivity contribution in [3.05, 3.63) is 105 Å². The van der Waals surface area contributed by atoms with Gasteiger partial charge in [0.15, 0.2) is 0 Å². The van der Waals surface area contributed by atoms with Crippen LogP contribution in [0.25, 0.3) is 10.4 Å². The smallest absolute Gasteiger partial charge is 0.251 e. The van der Waals surface area contributed by atoms with Crippen molar-refractivity contribution in [2.24, 2.45) is 16.2 Å². The molecule has 1 saturated heterocycles. The lowest BCUT2D eigenvalue weighted by Gasteiger charge is -2.63. The number of nitrogens with one attached hydrogen (secondary N) is 4. The van der Waals surface area contributed by atoms with Crippen LogP contribution in [0.1, 0.15) is 98.8 Å². The Kier molecular flexibility index (Phi) is 15.8. The number of β-amino-alcohol motifs (C(OH)–C–C–N with tert-alkyl or cyclic N) is 1.